The summed E-state index contributed by atoms with van der Waals surface area (Å²) in [6, 6.07) is 18.4. The molecule has 0 saturated carbocycles. The first-order valence-corrected chi connectivity index (χ1v) is 6.87. The molecule has 0 unspecified atom stereocenters. The van der Waals surface area contributed by atoms with Crippen molar-refractivity contribution in [1.29, 1.82) is 0 Å². The third-order valence-electron chi connectivity index (χ3n) is 3.58. The first kappa shape index (κ1) is 11.9. The average molecular weight is 274 g/mol. The second kappa shape index (κ2) is 4.87. The maximum Gasteiger partial charge on any atom is 0.152 e. The van der Waals surface area contributed by atoms with E-state index in [-0.39, 0.29) is 0 Å². The van der Waals surface area contributed by atoms with E-state index in [1.807, 2.05) is 48.9 Å². The fraction of sp³-hybridized carbons (Fsp3) is 0. The molecule has 1 aliphatic heterocycles. The molecule has 21 heavy (non-hydrogen) atoms. The van der Waals surface area contributed by atoms with Crippen molar-refractivity contribution in [1.82, 2.24) is 4.98 Å². The Balaban J connectivity index is 1.77. The summed E-state index contributed by atoms with van der Waals surface area (Å²) < 4.78 is 5.70. The van der Waals surface area contributed by atoms with Crippen LogP contribution < -0.4 is 4.90 Å². The number of aromatic amines is 1. The quantitative estimate of drug-likeness (QED) is 0.746. The molecule has 102 valence electrons. The molecule has 1 aliphatic rings. The lowest BCUT2D eigenvalue weighted by atomic mass is 10.1. The Kier molecular flexibility index (Phi) is 2.75. The van der Waals surface area contributed by atoms with Crippen molar-refractivity contribution in [2.24, 2.45) is 0 Å². The zero-order valence-corrected chi connectivity index (χ0v) is 11.4. The first-order valence-electron chi connectivity index (χ1n) is 6.87. The smallest absolute Gasteiger partial charge is 0.152 e. The van der Waals surface area contributed by atoms with Crippen LogP contribution in [0.5, 0.6) is 0 Å². The minimum absolute atomic E-state index is 0.832. The van der Waals surface area contributed by atoms with Crippen molar-refractivity contribution in [3.63, 3.8) is 0 Å². The van der Waals surface area contributed by atoms with E-state index in [2.05, 4.69) is 34.1 Å². The fourth-order valence-electron chi connectivity index (χ4n) is 2.54. The van der Waals surface area contributed by atoms with Gasteiger partial charge in [0.05, 0.1) is 6.20 Å². The van der Waals surface area contributed by atoms with Crippen LogP contribution >= 0.6 is 0 Å². The van der Waals surface area contributed by atoms with Gasteiger partial charge in [0, 0.05) is 34.6 Å². The van der Waals surface area contributed by atoms with Crippen molar-refractivity contribution < 1.29 is 4.74 Å². The number of rotatable bonds is 2. The maximum absolute atomic E-state index is 5.70. The number of ether oxygens (including phenoxy) is 1. The van der Waals surface area contributed by atoms with Gasteiger partial charge in [0.15, 0.2) is 5.76 Å². The Morgan fingerprint density at radius 3 is 2.62 bits per heavy atom. The van der Waals surface area contributed by atoms with Crippen LogP contribution in [0, 0.1) is 0 Å². The molecule has 1 N–H and O–H groups in total. The SMILES string of the molecule is C1=CN(c2ccccc2)C=C(c2c[nH]c3ccccc23)O1. The van der Waals surface area contributed by atoms with Gasteiger partial charge >= 0.3 is 0 Å². The van der Waals surface area contributed by atoms with E-state index in [0.29, 0.717) is 0 Å². The topological polar surface area (TPSA) is 28.3 Å². The summed E-state index contributed by atoms with van der Waals surface area (Å²) in [5, 5.41) is 1.16. The average Bonchev–Trinajstić information content (AvgIpc) is 3.00. The molecule has 0 spiro atoms. The summed E-state index contributed by atoms with van der Waals surface area (Å²) in [6.45, 7) is 0. The van der Waals surface area contributed by atoms with E-state index in [1.165, 1.54) is 0 Å². The number of para-hydroxylation sites is 2. The molecule has 0 atom stereocenters. The number of aromatic nitrogens is 1. The van der Waals surface area contributed by atoms with Crippen LogP contribution in [0.15, 0.2) is 79.5 Å². The summed E-state index contributed by atoms with van der Waals surface area (Å²) in [7, 11) is 0. The van der Waals surface area contributed by atoms with Gasteiger partial charge in [-0.25, -0.2) is 0 Å². The van der Waals surface area contributed by atoms with Crippen LogP contribution in [0.3, 0.4) is 0 Å². The number of H-pyrrole nitrogens is 1. The van der Waals surface area contributed by atoms with Crippen LogP contribution in [0.2, 0.25) is 0 Å². The molecule has 0 fully saturated rings. The lowest BCUT2D eigenvalue weighted by Crippen LogP contribution is -2.11. The molecule has 0 bridgehead atoms. The molecule has 0 aliphatic carbocycles. The van der Waals surface area contributed by atoms with E-state index in [9.17, 15) is 0 Å². The largest absolute Gasteiger partial charge is 0.461 e. The molecular weight excluding hydrogens is 260 g/mol. The van der Waals surface area contributed by atoms with Gasteiger partial charge in [-0.15, -0.1) is 0 Å². The van der Waals surface area contributed by atoms with Crippen LogP contribution in [0.4, 0.5) is 5.69 Å². The predicted octanol–water partition coefficient (Wildman–Crippen LogP) is 4.47. The molecule has 2 heterocycles. The molecule has 0 saturated heterocycles. The lowest BCUT2D eigenvalue weighted by molar-refractivity contribution is 0.428. The predicted molar refractivity (Wildman–Crippen MR) is 85.4 cm³/mol. The minimum Gasteiger partial charge on any atom is -0.461 e. The van der Waals surface area contributed by atoms with E-state index in [4.69, 9.17) is 4.74 Å². The fourth-order valence-corrected chi connectivity index (χ4v) is 2.54. The third-order valence-corrected chi connectivity index (χ3v) is 3.58. The van der Waals surface area contributed by atoms with E-state index in [1.54, 1.807) is 6.26 Å². The van der Waals surface area contributed by atoms with E-state index >= 15 is 0 Å². The van der Waals surface area contributed by atoms with Gasteiger partial charge < -0.3 is 14.6 Å². The third kappa shape index (κ3) is 2.09. The number of nitrogens with one attached hydrogen (secondary N) is 1. The van der Waals surface area contributed by atoms with Gasteiger partial charge in [0.2, 0.25) is 0 Å². The van der Waals surface area contributed by atoms with Gasteiger partial charge in [-0.2, -0.15) is 0 Å². The highest BCUT2D eigenvalue weighted by Gasteiger charge is 2.14. The zero-order valence-electron chi connectivity index (χ0n) is 11.4. The van der Waals surface area contributed by atoms with Gasteiger partial charge in [-0.3, -0.25) is 0 Å². The molecule has 0 amide bonds. The second-order valence-corrected chi connectivity index (χ2v) is 4.89. The summed E-state index contributed by atoms with van der Waals surface area (Å²) >= 11 is 0. The Morgan fingerprint density at radius 1 is 0.905 bits per heavy atom. The first-order chi connectivity index (χ1) is 10.4. The van der Waals surface area contributed by atoms with Crippen molar-refractivity contribution in [3.8, 4) is 0 Å². The number of hydrogen-bond donors (Lipinski definition) is 1. The van der Waals surface area contributed by atoms with Crippen molar-refractivity contribution >= 4 is 22.3 Å². The van der Waals surface area contributed by atoms with Crippen LogP contribution in [-0.2, 0) is 4.74 Å². The van der Waals surface area contributed by atoms with E-state index in [0.717, 1.165) is 27.9 Å². The lowest BCUT2D eigenvalue weighted by Gasteiger charge is -2.21. The number of anilines is 1. The summed E-state index contributed by atoms with van der Waals surface area (Å²) in [5.74, 6) is 0.832. The van der Waals surface area contributed by atoms with E-state index < -0.39 is 0 Å². The summed E-state index contributed by atoms with van der Waals surface area (Å²) in [6.07, 6.45) is 7.61. The molecule has 3 nitrogen and oxygen atoms in total. The molecule has 0 radical (unpaired) electrons. The second-order valence-electron chi connectivity index (χ2n) is 4.89. The molecule has 3 aromatic rings. The van der Waals surface area contributed by atoms with Crippen LogP contribution in [0.25, 0.3) is 16.7 Å². The zero-order chi connectivity index (χ0) is 14.1. The van der Waals surface area contributed by atoms with Crippen molar-refractivity contribution in [2.75, 3.05) is 4.90 Å². The Morgan fingerprint density at radius 2 is 1.71 bits per heavy atom. The van der Waals surface area contributed by atoms with Crippen LogP contribution in [0.1, 0.15) is 5.56 Å². The number of hydrogen-bond acceptors (Lipinski definition) is 2. The van der Waals surface area contributed by atoms with Gasteiger partial charge in [-0.1, -0.05) is 36.4 Å². The normalized spacial score (nSPS) is 14.1. The maximum atomic E-state index is 5.70. The minimum atomic E-state index is 0.832. The molecule has 2 aromatic carbocycles. The highest BCUT2D eigenvalue weighted by molar-refractivity contribution is 5.91. The number of fused-ring (bicyclic) bond motifs is 1. The Bertz CT molecular complexity index is 831. The number of nitrogens with zero attached hydrogens (tertiary/aromatic N) is 1. The van der Waals surface area contributed by atoms with Crippen molar-refractivity contribution in [2.45, 2.75) is 0 Å². The highest BCUT2D eigenvalue weighted by Crippen LogP contribution is 2.29. The monoisotopic (exact) mass is 274 g/mol. The molecule has 3 heteroatoms. The highest BCUT2D eigenvalue weighted by atomic mass is 16.5. The Labute approximate surface area is 122 Å². The Hall–Kier alpha value is -2.94. The molecular formula is C18H14N2O. The van der Waals surface area contributed by atoms with Gasteiger partial charge in [0.25, 0.3) is 0 Å². The standard InChI is InChI=1S/C18H14N2O/c1-2-6-14(7-3-1)20-10-11-21-18(13-20)16-12-19-17-9-5-4-8-15(16)17/h1-13,19H. The van der Waals surface area contributed by atoms with Gasteiger partial charge in [-0.05, 0) is 18.2 Å². The summed E-state index contributed by atoms with van der Waals surface area (Å²) in [5.41, 5.74) is 3.28. The van der Waals surface area contributed by atoms with Crippen LogP contribution in [-0.4, -0.2) is 4.98 Å². The number of benzene rings is 2. The molecule has 1 aromatic heterocycles. The van der Waals surface area contributed by atoms with Crippen molar-refractivity contribution in [3.05, 3.63) is 85.0 Å². The molecule has 4 rings (SSSR count). The summed E-state index contributed by atoms with van der Waals surface area (Å²) in [4.78, 5) is 5.33. The van der Waals surface area contributed by atoms with Gasteiger partial charge in [0.1, 0.15) is 6.26 Å².